The standard InChI is InChI=1S/C58H109NO10/c1-4-7-10-13-16-19-22-25-28-30-33-36-39-42-45-51(62)57(66)59-49(50(61)44-41-38-35-32-29-26-23-20-17-14-11-8-5-2)48-67-58-56(55(65)54(64)52(47-60)68-58)69-53(63)46-43-40-37-34-31-27-24-21-18-15-12-9-6-3/h27,31,41,44,49-52,54-56,58,60-62,64-65H,4-26,28-30,32-40,42-43,45-48H2,1-3H3,(H,59,66)/b31-27-,44-41+. The molecule has 1 fully saturated rings. The van der Waals surface area contributed by atoms with Crippen molar-refractivity contribution in [1.82, 2.24) is 5.32 Å². The first-order valence-corrected chi connectivity index (χ1v) is 29.1. The number of rotatable bonds is 49. The summed E-state index contributed by atoms with van der Waals surface area (Å²) < 4.78 is 17.6. The lowest BCUT2D eigenvalue weighted by molar-refractivity contribution is -0.305. The molecular weight excluding hydrogens is 871 g/mol. The lowest BCUT2D eigenvalue weighted by atomic mass is 9.99. The first-order valence-electron chi connectivity index (χ1n) is 29.1. The van der Waals surface area contributed by atoms with E-state index in [0.29, 0.717) is 19.3 Å². The van der Waals surface area contributed by atoms with Crippen molar-refractivity contribution in [3.63, 3.8) is 0 Å². The van der Waals surface area contributed by atoms with Crippen molar-refractivity contribution < 1.29 is 49.3 Å². The van der Waals surface area contributed by atoms with E-state index in [4.69, 9.17) is 14.2 Å². The van der Waals surface area contributed by atoms with Gasteiger partial charge in [-0.25, -0.2) is 0 Å². The smallest absolute Gasteiger partial charge is 0.306 e. The van der Waals surface area contributed by atoms with Crippen molar-refractivity contribution in [3.8, 4) is 0 Å². The molecule has 0 radical (unpaired) electrons. The lowest BCUT2D eigenvalue weighted by Crippen LogP contribution is -2.61. The molecule has 0 spiro atoms. The summed E-state index contributed by atoms with van der Waals surface area (Å²) in [5.74, 6) is -1.20. The molecule has 1 heterocycles. The molecule has 0 aromatic heterocycles. The number of nitrogens with one attached hydrogen (secondary N) is 1. The van der Waals surface area contributed by atoms with Crippen LogP contribution in [0.15, 0.2) is 24.3 Å². The van der Waals surface area contributed by atoms with E-state index >= 15 is 0 Å². The van der Waals surface area contributed by atoms with Crippen molar-refractivity contribution in [2.45, 2.75) is 320 Å². The number of unbranched alkanes of at least 4 members (excludes halogenated alkanes) is 33. The number of hydrogen-bond acceptors (Lipinski definition) is 10. The Kier molecular flexibility index (Phi) is 44.5. The summed E-state index contributed by atoms with van der Waals surface area (Å²) in [6, 6.07) is -1.02. The molecule has 6 N–H and O–H groups in total. The molecule has 69 heavy (non-hydrogen) atoms. The van der Waals surface area contributed by atoms with Gasteiger partial charge in [0.1, 0.15) is 24.4 Å². The van der Waals surface area contributed by atoms with Gasteiger partial charge in [0.2, 0.25) is 5.91 Å². The Morgan fingerprint density at radius 1 is 0.551 bits per heavy atom. The number of aliphatic hydroxyl groups is 5. The predicted molar refractivity (Wildman–Crippen MR) is 283 cm³/mol. The van der Waals surface area contributed by atoms with Gasteiger partial charge < -0.3 is 45.1 Å². The van der Waals surface area contributed by atoms with Crippen LogP contribution < -0.4 is 5.32 Å². The summed E-state index contributed by atoms with van der Waals surface area (Å²) in [5.41, 5.74) is 0. The minimum Gasteiger partial charge on any atom is -0.454 e. The first-order chi connectivity index (χ1) is 33.7. The normalized spacial score (nSPS) is 19.9. The van der Waals surface area contributed by atoms with Crippen molar-refractivity contribution >= 4 is 11.9 Å². The van der Waals surface area contributed by atoms with Crippen LogP contribution in [0.25, 0.3) is 0 Å². The lowest BCUT2D eigenvalue weighted by Gasteiger charge is -2.41. The van der Waals surface area contributed by atoms with Crippen LogP contribution in [-0.4, -0.2) is 99.6 Å². The summed E-state index contributed by atoms with van der Waals surface area (Å²) >= 11 is 0. The fourth-order valence-corrected chi connectivity index (χ4v) is 9.18. The fraction of sp³-hybridized carbons (Fsp3) is 0.897. The van der Waals surface area contributed by atoms with Gasteiger partial charge in [0.15, 0.2) is 12.4 Å². The minimum atomic E-state index is -1.61. The molecule has 11 heteroatoms. The number of amides is 1. The third-order valence-electron chi connectivity index (χ3n) is 13.9. The molecule has 8 atom stereocenters. The van der Waals surface area contributed by atoms with Gasteiger partial charge in [-0.2, -0.15) is 0 Å². The van der Waals surface area contributed by atoms with E-state index in [0.717, 1.165) is 64.2 Å². The number of hydrogen-bond donors (Lipinski definition) is 6. The Labute approximate surface area is 422 Å². The summed E-state index contributed by atoms with van der Waals surface area (Å²) in [6.07, 6.45) is 42.2. The molecular formula is C58H109NO10. The number of carbonyl (C=O) groups excluding carboxylic acids is 2. The average Bonchev–Trinajstić information content (AvgIpc) is 3.34. The zero-order chi connectivity index (χ0) is 50.4. The van der Waals surface area contributed by atoms with E-state index in [1.54, 1.807) is 6.08 Å². The Hall–Kier alpha value is -1.86. The second kappa shape index (κ2) is 47.2. The second-order valence-electron chi connectivity index (χ2n) is 20.4. The monoisotopic (exact) mass is 980 g/mol. The van der Waals surface area contributed by atoms with Gasteiger partial charge in [0.25, 0.3) is 0 Å². The summed E-state index contributed by atoms with van der Waals surface area (Å²) in [6.45, 7) is 5.78. The maximum absolute atomic E-state index is 13.4. The number of carbonyl (C=O) groups is 2. The van der Waals surface area contributed by atoms with Crippen LogP contribution >= 0.6 is 0 Å². The largest absolute Gasteiger partial charge is 0.454 e. The quantitative estimate of drug-likeness (QED) is 0.0196. The van der Waals surface area contributed by atoms with Gasteiger partial charge in [-0.1, -0.05) is 238 Å². The topological polar surface area (TPSA) is 175 Å². The minimum absolute atomic E-state index is 0.107. The molecule has 1 rings (SSSR count). The number of esters is 1. The van der Waals surface area contributed by atoms with Gasteiger partial charge in [-0.3, -0.25) is 9.59 Å². The van der Waals surface area contributed by atoms with Crippen molar-refractivity contribution in [2.75, 3.05) is 13.2 Å². The number of aliphatic hydroxyl groups excluding tert-OH is 5. The average molecular weight is 981 g/mol. The second-order valence-corrected chi connectivity index (χ2v) is 20.4. The molecule has 1 amide bonds. The molecule has 1 aliphatic heterocycles. The molecule has 406 valence electrons. The van der Waals surface area contributed by atoms with E-state index in [9.17, 15) is 35.1 Å². The van der Waals surface area contributed by atoms with E-state index in [1.165, 1.54) is 161 Å². The molecule has 8 unspecified atom stereocenters. The van der Waals surface area contributed by atoms with Crippen molar-refractivity contribution in [3.05, 3.63) is 24.3 Å². The van der Waals surface area contributed by atoms with Gasteiger partial charge in [0.05, 0.1) is 25.4 Å². The van der Waals surface area contributed by atoms with Gasteiger partial charge in [-0.05, 0) is 51.4 Å². The Morgan fingerprint density at radius 2 is 0.957 bits per heavy atom. The zero-order valence-electron chi connectivity index (χ0n) is 44.7. The van der Waals surface area contributed by atoms with Crippen LogP contribution in [0.1, 0.15) is 271 Å². The van der Waals surface area contributed by atoms with Crippen LogP contribution in [-0.2, 0) is 23.8 Å². The van der Waals surface area contributed by atoms with Crippen LogP contribution in [0, 0.1) is 0 Å². The Balaban J connectivity index is 2.74. The highest BCUT2D eigenvalue weighted by atomic mass is 16.7. The fourth-order valence-electron chi connectivity index (χ4n) is 9.18. The predicted octanol–water partition coefficient (Wildman–Crippen LogP) is 12.9. The van der Waals surface area contributed by atoms with Gasteiger partial charge in [0, 0.05) is 6.42 Å². The third-order valence-corrected chi connectivity index (χ3v) is 13.9. The Bertz CT molecular complexity index is 1220. The summed E-state index contributed by atoms with van der Waals surface area (Å²) in [7, 11) is 0. The van der Waals surface area contributed by atoms with E-state index in [1.807, 2.05) is 6.08 Å². The van der Waals surface area contributed by atoms with Gasteiger partial charge >= 0.3 is 5.97 Å². The summed E-state index contributed by atoms with van der Waals surface area (Å²) in [5, 5.41) is 56.8. The summed E-state index contributed by atoms with van der Waals surface area (Å²) in [4.78, 5) is 26.4. The van der Waals surface area contributed by atoms with Crippen LogP contribution in [0.5, 0.6) is 0 Å². The number of ether oxygens (including phenoxy) is 3. The first kappa shape index (κ1) is 65.2. The molecule has 0 aromatic carbocycles. The molecule has 1 saturated heterocycles. The molecule has 0 aromatic rings. The molecule has 0 aliphatic carbocycles. The number of allylic oxidation sites excluding steroid dienone is 3. The van der Waals surface area contributed by atoms with Crippen LogP contribution in [0.3, 0.4) is 0 Å². The van der Waals surface area contributed by atoms with Crippen LogP contribution in [0.2, 0.25) is 0 Å². The van der Waals surface area contributed by atoms with E-state index in [-0.39, 0.29) is 13.0 Å². The zero-order valence-corrected chi connectivity index (χ0v) is 44.7. The Morgan fingerprint density at radius 3 is 1.41 bits per heavy atom. The van der Waals surface area contributed by atoms with E-state index in [2.05, 4.69) is 38.2 Å². The van der Waals surface area contributed by atoms with Crippen molar-refractivity contribution in [2.24, 2.45) is 0 Å². The van der Waals surface area contributed by atoms with Gasteiger partial charge in [-0.15, -0.1) is 0 Å². The highest BCUT2D eigenvalue weighted by Crippen LogP contribution is 2.26. The maximum atomic E-state index is 13.4. The third kappa shape index (κ3) is 35.8. The molecule has 0 saturated carbocycles. The van der Waals surface area contributed by atoms with Crippen LogP contribution in [0.4, 0.5) is 0 Å². The molecule has 0 bridgehead atoms. The molecule has 1 aliphatic rings. The highest BCUT2D eigenvalue weighted by Gasteiger charge is 2.47. The maximum Gasteiger partial charge on any atom is 0.306 e. The SMILES string of the molecule is CCCCCCCC/C=C\CCCCCC(=O)OC1C(OCC(NC(=O)C(O)CCCCCCCCCCCCCCCC)C(O)/C=C/CCCCCCCCCCCCC)OC(CO)C(O)C1O. The van der Waals surface area contributed by atoms with E-state index < -0.39 is 67.4 Å². The highest BCUT2D eigenvalue weighted by molar-refractivity contribution is 5.80. The molecule has 11 nitrogen and oxygen atoms in total. The van der Waals surface area contributed by atoms with Crippen molar-refractivity contribution in [1.29, 1.82) is 0 Å².